The third-order valence-corrected chi connectivity index (χ3v) is 4.40. The van der Waals surface area contributed by atoms with Crippen LogP contribution in [0.1, 0.15) is 38.4 Å². The molecule has 0 bridgehead atoms. The quantitative estimate of drug-likeness (QED) is 0.839. The number of ether oxygens (including phenoxy) is 2. The topological polar surface area (TPSA) is 41.9 Å². The van der Waals surface area contributed by atoms with Crippen molar-refractivity contribution in [1.82, 2.24) is 4.90 Å². The maximum atomic E-state index is 10.8. The average molecular weight is 293 g/mol. The van der Waals surface area contributed by atoms with Crippen LogP contribution in [0.4, 0.5) is 0 Å². The van der Waals surface area contributed by atoms with Gasteiger partial charge in [0.1, 0.15) is 18.5 Å². The molecule has 1 heterocycles. The summed E-state index contributed by atoms with van der Waals surface area (Å²) in [5, 5.41) is 10.8. The average Bonchev–Trinajstić information content (AvgIpc) is 2.53. The van der Waals surface area contributed by atoms with Crippen LogP contribution in [0.5, 0.6) is 5.75 Å². The molecule has 1 aromatic rings. The second-order valence-electron chi connectivity index (χ2n) is 5.56. The molecule has 0 fully saturated rings. The first-order valence-corrected chi connectivity index (χ1v) is 7.87. The third-order valence-electron chi connectivity index (χ3n) is 4.40. The lowest BCUT2D eigenvalue weighted by Crippen LogP contribution is -2.51. The van der Waals surface area contributed by atoms with Crippen molar-refractivity contribution in [3.63, 3.8) is 0 Å². The van der Waals surface area contributed by atoms with E-state index < -0.39 is 6.10 Å². The van der Waals surface area contributed by atoms with E-state index in [0.717, 1.165) is 30.7 Å². The number of para-hydroxylation sites is 1. The van der Waals surface area contributed by atoms with Gasteiger partial charge in [0.05, 0.1) is 12.6 Å². The van der Waals surface area contributed by atoms with Crippen LogP contribution in [0, 0.1) is 0 Å². The SMILES string of the molecule is CCC(CC)N(CCOC)C1COc2ccccc2C1O. The highest BCUT2D eigenvalue weighted by Crippen LogP contribution is 2.35. The molecule has 2 atom stereocenters. The number of hydrogen-bond donors (Lipinski definition) is 1. The van der Waals surface area contributed by atoms with Crippen LogP contribution in [0.3, 0.4) is 0 Å². The van der Waals surface area contributed by atoms with Gasteiger partial charge in [0.2, 0.25) is 0 Å². The zero-order valence-electron chi connectivity index (χ0n) is 13.3. The van der Waals surface area contributed by atoms with Crippen molar-refractivity contribution in [1.29, 1.82) is 0 Å². The van der Waals surface area contributed by atoms with E-state index in [4.69, 9.17) is 9.47 Å². The summed E-state index contributed by atoms with van der Waals surface area (Å²) < 4.78 is 11.1. The molecule has 118 valence electrons. The molecule has 0 saturated heterocycles. The molecule has 0 aliphatic carbocycles. The number of methoxy groups -OCH3 is 1. The maximum Gasteiger partial charge on any atom is 0.125 e. The fraction of sp³-hybridized carbons (Fsp3) is 0.647. The van der Waals surface area contributed by atoms with Gasteiger partial charge < -0.3 is 14.6 Å². The molecular weight excluding hydrogens is 266 g/mol. The van der Waals surface area contributed by atoms with Gasteiger partial charge in [-0.1, -0.05) is 32.0 Å². The van der Waals surface area contributed by atoms with E-state index >= 15 is 0 Å². The molecule has 21 heavy (non-hydrogen) atoms. The smallest absolute Gasteiger partial charge is 0.125 e. The summed E-state index contributed by atoms with van der Waals surface area (Å²) in [6, 6.07) is 8.19. The number of nitrogens with zero attached hydrogens (tertiary/aromatic N) is 1. The number of aliphatic hydroxyl groups excluding tert-OH is 1. The minimum Gasteiger partial charge on any atom is -0.491 e. The first-order valence-electron chi connectivity index (χ1n) is 7.87. The highest BCUT2D eigenvalue weighted by Gasteiger charge is 2.35. The van der Waals surface area contributed by atoms with E-state index in [0.29, 0.717) is 19.3 Å². The summed E-state index contributed by atoms with van der Waals surface area (Å²) in [6.07, 6.45) is 1.61. The number of fused-ring (bicyclic) bond motifs is 1. The van der Waals surface area contributed by atoms with Crippen molar-refractivity contribution in [2.24, 2.45) is 0 Å². The van der Waals surface area contributed by atoms with Gasteiger partial charge in [0.15, 0.2) is 0 Å². The van der Waals surface area contributed by atoms with Crippen molar-refractivity contribution in [2.45, 2.75) is 44.9 Å². The van der Waals surface area contributed by atoms with E-state index in [9.17, 15) is 5.11 Å². The Morgan fingerprint density at radius 3 is 2.71 bits per heavy atom. The third kappa shape index (κ3) is 3.57. The lowest BCUT2D eigenvalue weighted by Gasteiger charge is -2.42. The van der Waals surface area contributed by atoms with E-state index in [1.807, 2.05) is 24.3 Å². The van der Waals surface area contributed by atoms with Gasteiger partial charge in [0.25, 0.3) is 0 Å². The second kappa shape index (κ2) is 7.78. The minimum atomic E-state index is -0.507. The molecule has 1 aliphatic heterocycles. The van der Waals surface area contributed by atoms with Crippen molar-refractivity contribution < 1.29 is 14.6 Å². The largest absolute Gasteiger partial charge is 0.491 e. The number of benzene rings is 1. The van der Waals surface area contributed by atoms with Crippen LogP contribution >= 0.6 is 0 Å². The highest BCUT2D eigenvalue weighted by molar-refractivity contribution is 5.37. The highest BCUT2D eigenvalue weighted by atomic mass is 16.5. The van der Waals surface area contributed by atoms with Gasteiger partial charge in [-0.25, -0.2) is 0 Å². The fourth-order valence-electron chi connectivity index (χ4n) is 3.18. The van der Waals surface area contributed by atoms with E-state index in [-0.39, 0.29) is 6.04 Å². The zero-order valence-corrected chi connectivity index (χ0v) is 13.3. The summed E-state index contributed by atoms with van der Waals surface area (Å²) in [6.45, 7) is 6.39. The second-order valence-corrected chi connectivity index (χ2v) is 5.56. The van der Waals surface area contributed by atoms with Gasteiger partial charge in [-0.05, 0) is 18.9 Å². The summed E-state index contributed by atoms with van der Waals surface area (Å²) in [4.78, 5) is 2.35. The first kappa shape index (κ1) is 16.3. The molecule has 2 rings (SSSR count). The molecule has 0 saturated carbocycles. The Hall–Kier alpha value is -1.10. The number of rotatable bonds is 7. The molecule has 1 aromatic carbocycles. The van der Waals surface area contributed by atoms with Crippen molar-refractivity contribution >= 4 is 0 Å². The molecule has 0 aromatic heterocycles. The predicted molar refractivity (Wildman–Crippen MR) is 83.6 cm³/mol. The van der Waals surface area contributed by atoms with Crippen LogP contribution in [0.25, 0.3) is 0 Å². The molecule has 4 heteroatoms. The van der Waals surface area contributed by atoms with E-state index in [2.05, 4.69) is 18.7 Å². The molecule has 0 radical (unpaired) electrons. The Labute approximate surface area is 127 Å². The van der Waals surface area contributed by atoms with Crippen molar-refractivity contribution in [3.05, 3.63) is 29.8 Å². The van der Waals surface area contributed by atoms with E-state index in [1.165, 1.54) is 0 Å². The van der Waals surface area contributed by atoms with Gasteiger partial charge in [-0.3, -0.25) is 4.90 Å². The van der Waals surface area contributed by atoms with Crippen LogP contribution in [-0.4, -0.2) is 49.0 Å². The maximum absolute atomic E-state index is 10.8. The molecule has 0 spiro atoms. The molecule has 1 N–H and O–H groups in total. The standard InChI is InChI=1S/C17H27NO3/c1-4-13(5-2)18(10-11-20-3)15-12-21-16-9-7-6-8-14(16)17(15)19/h6-9,13,15,17,19H,4-5,10-12H2,1-3H3. The lowest BCUT2D eigenvalue weighted by atomic mass is 9.95. The fourth-order valence-corrected chi connectivity index (χ4v) is 3.18. The summed E-state index contributed by atoms with van der Waals surface area (Å²) in [5.74, 6) is 0.803. The Bertz CT molecular complexity index is 434. The van der Waals surface area contributed by atoms with Gasteiger partial charge in [-0.15, -0.1) is 0 Å². The molecule has 1 aliphatic rings. The molecule has 4 nitrogen and oxygen atoms in total. The number of aliphatic hydroxyl groups is 1. The van der Waals surface area contributed by atoms with Crippen LogP contribution in [0.2, 0.25) is 0 Å². The Morgan fingerprint density at radius 2 is 2.05 bits per heavy atom. The Balaban J connectivity index is 2.20. The lowest BCUT2D eigenvalue weighted by molar-refractivity contribution is -0.0276. The van der Waals surface area contributed by atoms with Crippen LogP contribution in [0.15, 0.2) is 24.3 Å². The Kier molecular flexibility index (Phi) is 6.03. The van der Waals surface area contributed by atoms with Gasteiger partial charge in [-0.2, -0.15) is 0 Å². The van der Waals surface area contributed by atoms with Crippen molar-refractivity contribution in [3.8, 4) is 5.75 Å². The molecule has 2 unspecified atom stereocenters. The molecule has 0 amide bonds. The van der Waals surface area contributed by atoms with Crippen molar-refractivity contribution in [2.75, 3.05) is 26.9 Å². The number of hydrogen-bond acceptors (Lipinski definition) is 4. The zero-order chi connectivity index (χ0) is 15.2. The minimum absolute atomic E-state index is 0.0139. The first-order chi connectivity index (χ1) is 10.2. The van der Waals surface area contributed by atoms with Crippen LogP contribution < -0.4 is 4.74 Å². The van der Waals surface area contributed by atoms with Gasteiger partial charge in [0, 0.05) is 25.3 Å². The molecular formula is C17H27NO3. The normalized spacial score (nSPS) is 21.4. The predicted octanol–water partition coefficient (Wildman–Crippen LogP) is 2.62. The monoisotopic (exact) mass is 293 g/mol. The van der Waals surface area contributed by atoms with E-state index in [1.54, 1.807) is 7.11 Å². The Morgan fingerprint density at radius 1 is 1.33 bits per heavy atom. The van der Waals surface area contributed by atoms with Gasteiger partial charge >= 0.3 is 0 Å². The summed E-state index contributed by atoms with van der Waals surface area (Å²) in [5.41, 5.74) is 0.891. The summed E-state index contributed by atoms with van der Waals surface area (Å²) in [7, 11) is 1.72. The summed E-state index contributed by atoms with van der Waals surface area (Å²) >= 11 is 0. The van der Waals surface area contributed by atoms with Crippen LogP contribution in [-0.2, 0) is 4.74 Å².